The molecule has 0 aromatic carbocycles. The van der Waals surface area contributed by atoms with Crippen LogP contribution in [0.2, 0.25) is 0 Å². The van der Waals surface area contributed by atoms with E-state index in [0.29, 0.717) is 25.8 Å². The largest absolute Gasteiger partial charge is 0.480 e. The van der Waals surface area contributed by atoms with Crippen LogP contribution < -0.4 is 16.8 Å². The molecular weight excluding hydrogens is 368 g/mol. The van der Waals surface area contributed by atoms with Crippen LogP contribution in [0.3, 0.4) is 0 Å². The Labute approximate surface area is 177 Å². The van der Waals surface area contributed by atoms with Crippen LogP contribution in [0, 0.1) is 0 Å². The Kier molecular flexibility index (Phi) is 18.3. The molecule has 0 saturated carbocycles. The van der Waals surface area contributed by atoms with Crippen LogP contribution >= 0.6 is 0 Å². The lowest BCUT2D eigenvalue weighted by Crippen LogP contribution is -2.40. The molecule has 1 amide bonds. The molecule has 1 unspecified atom stereocenters. The Hall–Kier alpha value is -1.79. The Morgan fingerprint density at radius 2 is 1.31 bits per heavy atom. The minimum atomic E-state index is -1.02. The van der Waals surface area contributed by atoms with Gasteiger partial charge in [-0.25, -0.2) is 4.79 Å². The fourth-order valence-electron chi connectivity index (χ4n) is 3.33. The zero-order valence-electron chi connectivity index (χ0n) is 18.5. The van der Waals surface area contributed by atoms with Crippen molar-refractivity contribution in [3.8, 4) is 0 Å². The Balaban J connectivity index is 3.59. The minimum absolute atomic E-state index is 0.0108. The van der Waals surface area contributed by atoms with Crippen molar-refractivity contribution in [1.29, 1.82) is 0 Å². The molecule has 6 N–H and O–H groups in total. The number of unbranched alkanes of at least 4 members (excludes halogenated alkanes) is 12. The van der Waals surface area contributed by atoms with E-state index in [0.717, 1.165) is 19.3 Å². The van der Waals surface area contributed by atoms with Gasteiger partial charge in [0.1, 0.15) is 6.04 Å². The first-order valence-corrected chi connectivity index (χ1v) is 11.5. The summed E-state index contributed by atoms with van der Waals surface area (Å²) in [6.07, 6.45) is 17.5. The lowest BCUT2D eigenvalue weighted by molar-refractivity contribution is -0.142. The maximum Gasteiger partial charge on any atom is 0.326 e. The first kappa shape index (κ1) is 27.2. The fourth-order valence-corrected chi connectivity index (χ4v) is 3.33. The van der Waals surface area contributed by atoms with Crippen molar-refractivity contribution in [3.05, 3.63) is 0 Å². The number of amides is 1. The van der Waals surface area contributed by atoms with Crippen LogP contribution in [-0.2, 0) is 9.59 Å². The molecule has 0 aliphatic rings. The molecule has 0 radical (unpaired) electrons. The van der Waals surface area contributed by atoms with E-state index in [1.54, 1.807) is 0 Å². The molecule has 0 heterocycles. The van der Waals surface area contributed by atoms with Gasteiger partial charge in [-0.15, -0.1) is 0 Å². The number of carbonyl (C=O) groups is 2. The zero-order valence-corrected chi connectivity index (χ0v) is 18.5. The van der Waals surface area contributed by atoms with E-state index in [-0.39, 0.29) is 11.9 Å². The number of aliphatic imine (C=N–C) groups is 1. The Morgan fingerprint density at radius 1 is 0.828 bits per heavy atom. The second-order valence-corrected chi connectivity index (χ2v) is 7.90. The molecule has 0 aromatic rings. The smallest absolute Gasteiger partial charge is 0.326 e. The molecule has 0 bridgehead atoms. The van der Waals surface area contributed by atoms with Gasteiger partial charge in [-0.05, 0) is 19.3 Å². The molecule has 170 valence electrons. The molecule has 0 rings (SSSR count). The maximum atomic E-state index is 12.0. The van der Waals surface area contributed by atoms with Crippen LogP contribution in [0.25, 0.3) is 0 Å². The van der Waals surface area contributed by atoms with Crippen LogP contribution in [0.1, 0.15) is 110 Å². The third-order valence-electron chi connectivity index (χ3n) is 5.09. The summed E-state index contributed by atoms with van der Waals surface area (Å²) in [6, 6.07) is -0.876. The van der Waals surface area contributed by atoms with E-state index in [9.17, 15) is 14.7 Å². The van der Waals surface area contributed by atoms with Crippen molar-refractivity contribution >= 4 is 17.8 Å². The van der Waals surface area contributed by atoms with Crippen molar-refractivity contribution in [2.24, 2.45) is 16.5 Å². The quantitative estimate of drug-likeness (QED) is 0.136. The molecule has 0 spiro atoms. The van der Waals surface area contributed by atoms with E-state index < -0.39 is 12.0 Å². The summed E-state index contributed by atoms with van der Waals surface area (Å²) in [5.74, 6) is -1.22. The number of carbonyl (C=O) groups excluding carboxylic acids is 1. The first-order chi connectivity index (χ1) is 14.0. The fraction of sp³-hybridized carbons (Fsp3) is 0.864. The van der Waals surface area contributed by atoms with Crippen LogP contribution in [0.4, 0.5) is 0 Å². The SMILES string of the molecule is CCCCCCCCCCCCCCCC(=O)NC(CCCN=C(N)N)C(=O)O. The number of hydrogen-bond acceptors (Lipinski definition) is 3. The van der Waals surface area contributed by atoms with Crippen molar-refractivity contribution in [3.63, 3.8) is 0 Å². The summed E-state index contributed by atoms with van der Waals surface area (Å²) in [4.78, 5) is 27.0. The minimum Gasteiger partial charge on any atom is -0.480 e. The van der Waals surface area contributed by atoms with Crippen molar-refractivity contribution in [2.75, 3.05) is 6.54 Å². The van der Waals surface area contributed by atoms with Gasteiger partial charge in [-0.2, -0.15) is 0 Å². The lowest BCUT2D eigenvalue weighted by atomic mass is 10.0. The van der Waals surface area contributed by atoms with Crippen molar-refractivity contribution in [1.82, 2.24) is 5.32 Å². The monoisotopic (exact) mass is 412 g/mol. The zero-order chi connectivity index (χ0) is 21.7. The molecule has 0 saturated heterocycles. The summed E-state index contributed by atoms with van der Waals surface area (Å²) in [6.45, 7) is 2.61. The van der Waals surface area contributed by atoms with Crippen LogP contribution in [0.5, 0.6) is 0 Å². The number of nitrogens with zero attached hydrogens (tertiary/aromatic N) is 1. The second kappa shape index (κ2) is 19.5. The Morgan fingerprint density at radius 3 is 1.76 bits per heavy atom. The van der Waals surface area contributed by atoms with Gasteiger partial charge >= 0.3 is 5.97 Å². The molecule has 0 aliphatic heterocycles. The average Bonchev–Trinajstić information content (AvgIpc) is 2.67. The number of nitrogens with one attached hydrogen (secondary N) is 1. The van der Waals surface area contributed by atoms with E-state index in [1.807, 2.05) is 0 Å². The number of carboxylic acids is 1. The van der Waals surface area contributed by atoms with E-state index in [4.69, 9.17) is 11.5 Å². The predicted octanol–water partition coefficient (Wildman–Crippen LogP) is 4.09. The van der Waals surface area contributed by atoms with E-state index >= 15 is 0 Å². The predicted molar refractivity (Wildman–Crippen MR) is 120 cm³/mol. The van der Waals surface area contributed by atoms with E-state index in [1.165, 1.54) is 64.2 Å². The average molecular weight is 413 g/mol. The van der Waals surface area contributed by atoms with E-state index in [2.05, 4.69) is 17.2 Å². The summed E-state index contributed by atoms with van der Waals surface area (Å²) < 4.78 is 0. The van der Waals surface area contributed by atoms with Gasteiger partial charge in [0.2, 0.25) is 5.91 Å². The van der Waals surface area contributed by atoms with Crippen LogP contribution in [-0.4, -0.2) is 35.5 Å². The topological polar surface area (TPSA) is 131 Å². The van der Waals surface area contributed by atoms with Gasteiger partial charge in [0.15, 0.2) is 5.96 Å². The highest BCUT2D eigenvalue weighted by molar-refractivity contribution is 5.83. The third kappa shape index (κ3) is 19.3. The highest BCUT2D eigenvalue weighted by Gasteiger charge is 2.18. The van der Waals surface area contributed by atoms with Gasteiger partial charge in [0, 0.05) is 13.0 Å². The number of nitrogens with two attached hydrogens (primary N) is 2. The molecule has 0 fully saturated rings. The van der Waals surface area contributed by atoms with Gasteiger partial charge in [-0.1, -0.05) is 84.0 Å². The number of guanidine groups is 1. The highest BCUT2D eigenvalue weighted by atomic mass is 16.4. The number of aliphatic carboxylic acids is 1. The van der Waals surface area contributed by atoms with Gasteiger partial charge < -0.3 is 21.9 Å². The standard InChI is InChI=1S/C22H44N4O3/c1-2-3-4-5-6-7-8-9-10-11-12-13-14-17-20(27)26-19(21(28)29)16-15-18-25-22(23)24/h19H,2-18H2,1H3,(H,26,27)(H,28,29)(H4,23,24,25). The van der Waals surface area contributed by atoms with Gasteiger partial charge in [-0.3, -0.25) is 9.79 Å². The molecule has 7 heteroatoms. The normalized spacial score (nSPS) is 11.8. The summed E-state index contributed by atoms with van der Waals surface area (Å²) >= 11 is 0. The van der Waals surface area contributed by atoms with Gasteiger partial charge in [0.05, 0.1) is 0 Å². The second-order valence-electron chi connectivity index (χ2n) is 7.90. The lowest BCUT2D eigenvalue weighted by Gasteiger charge is -2.14. The molecule has 0 aliphatic carbocycles. The molecule has 1 atom stereocenters. The highest BCUT2D eigenvalue weighted by Crippen LogP contribution is 2.13. The van der Waals surface area contributed by atoms with Crippen molar-refractivity contribution < 1.29 is 14.7 Å². The number of carboxylic acid groups (broad SMARTS) is 1. The Bertz CT molecular complexity index is 451. The molecular formula is C22H44N4O3. The number of hydrogen-bond donors (Lipinski definition) is 4. The van der Waals surface area contributed by atoms with Gasteiger partial charge in [0.25, 0.3) is 0 Å². The first-order valence-electron chi connectivity index (χ1n) is 11.5. The third-order valence-corrected chi connectivity index (χ3v) is 5.09. The van der Waals surface area contributed by atoms with Crippen molar-refractivity contribution in [2.45, 2.75) is 116 Å². The molecule has 0 aromatic heterocycles. The molecule has 29 heavy (non-hydrogen) atoms. The molecule has 7 nitrogen and oxygen atoms in total. The maximum absolute atomic E-state index is 12.0. The number of rotatable bonds is 20. The summed E-state index contributed by atoms with van der Waals surface area (Å²) in [5.41, 5.74) is 10.5. The summed E-state index contributed by atoms with van der Waals surface area (Å²) in [7, 11) is 0. The van der Waals surface area contributed by atoms with Crippen LogP contribution in [0.15, 0.2) is 4.99 Å². The summed E-state index contributed by atoms with van der Waals surface area (Å²) in [5, 5.41) is 11.8.